The zero-order chi connectivity index (χ0) is 38.7. The average molecular weight is 762 g/mol. The molecule has 0 bridgehead atoms. The maximum atomic E-state index is 6.59. The van der Waals surface area contributed by atoms with Gasteiger partial charge in [0.15, 0.2) is 17.5 Å². The SMILES string of the molecule is C=Cc1cc(-c2ccc3oc4cccc(-c5ccccc5-c5nc(-c6ccccc6)nc(-c6cccc7sc8ccccc8c67)n5)c4c3c2)c2c(c1C=C)C=CCC2. The summed E-state index contributed by atoms with van der Waals surface area (Å²) in [7, 11) is 0. The predicted molar refractivity (Wildman–Crippen MR) is 245 cm³/mol. The van der Waals surface area contributed by atoms with Crippen LogP contribution in [0.15, 0.2) is 163 Å². The van der Waals surface area contributed by atoms with Gasteiger partial charge in [0.05, 0.1) is 0 Å². The summed E-state index contributed by atoms with van der Waals surface area (Å²) in [5.41, 5.74) is 13.7. The van der Waals surface area contributed by atoms with Gasteiger partial charge in [-0.1, -0.05) is 141 Å². The summed E-state index contributed by atoms with van der Waals surface area (Å²) in [6.07, 6.45) is 10.4. The van der Waals surface area contributed by atoms with E-state index < -0.39 is 0 Å². The molecule has 0 unspecified atom stereocenters. The monoisotopic (exact) mass is 761 g/mol. The molecule has 0 aliphatic heterocycles. The molecule has 7 aromatic carbocycles. The first-order chi connectivity index (χ1) is 28.7. The van der Waals surface area contributed by atoms with Crippen LogP contribution >= 0.6 is 11.3 Å². The van der Waals surface area contributed by atoms with Gasteiger partial charge in [0.2, 0.25) is 0 Å². The van der Waals surface area contributed by atoms with Crippen LogP contribution in [0, 0.1) is 0 Å². The summed E-state index contributed by atoms with van der Waals surface area (Å²) >= 11 is 1.79. The van der Waals surface area contributed by atoms with Crippen LogP contribution in [-0.2, 0) is 6.42 Å². The van der Waals surface area contributed by atoms with Crippen LogP contribution in [0.1, 0.15) is 28.7 Å². The Morgan fingerprint density at radius 2 is 1.26 bits per heavy atom. The Morgan fingerprint density at radius 3 is 2.12 bits per heavy atom. The molecule has 0 spiro atoms. The largest absolute Gasteiger partial charge is 0.456 e. The number of thiophene rings is 1. The number of fused-ring (bicyclic) bond motifs is 7. The fourth-order valence-electron chi connectivity index (χ4n) is 8.75. The number of rotatable bonds is 7. The van der Waals surface area contributed by atoms with Crippen LogP contribution in [-0.4, -0.2) is 15.0 Å². The molecule has 11 rings (SSSR count). The molecule has 3 aromatic heterocycles. The standard InChI is InChI=1S/C53H35N3OS/c1-3-32-30-43(37-19-9-8-18-36(37)35(32)4-2)34-28-29-45-44(31-34)49-39(23-14-25-46(49)57-45)38-20-10-11-21-40(38)52-54-51(33-16-6-5-7-17-33)55-53(56-52)42-24-15-27-48-50(42)41-22-12-13-26-47(41)58-48/h3-8,10-18,20-31H,1-2,9,19H2. The van der Waals surface area contributed by atoms with Crippen LogP contribution in [0.25, 0.3) is 117 Å². The highest BCUT2D eigenvalue weighted by molar-refractivity contribution is 7.25. The topological polar surface area (TPSA) is 51.8 Å². The Bertz CT molecular complexity index is 3330. The molecule has 5 heteroatoms. The molecule has 4 nitrogen and oxygen atoms in total. The number of hydrogen-bond acceptors (Lipinski definition) is 5. The fraction of sp³-hybridized carbons (Fsp3) is 0.0377. The van der Waals surface area contributed by atoms with Crippen molar-refractivity contribution in [3.8, 4) is 56.4 Å². The minimum Gasteiger partial charge on any atom is -0.456 e. The molecule has 0 saturated carbocycles. The van der Waals surface area contributed by atoms with Gasteiger partial charge in [-0.15, -0.1) is 11.3 Å². The molecular weight excluding hydrogens is 727 g/mol. The Balaban J connectivity index is 1.13. The molecule has 0 fully saturated rings. The normalized spacial score (nSPS) is 12.4. The molecule has 58 heavy (non-hydrogen) atoms. The summed E-state index contributed by atoms with van der Waals surface area (Å²) < 4.78 is 9.03. The van der Waals surface area contributed by atoms with Crippen LogP contribution in [0.4, 0.5) is 0 Å². The van der Waals surface area contributed by atoms with E-state index in [0.717, 1.165) is 84.7 Å². The van der Waals surface area contributed by atoms with Crippen molar-refractivity contribution in [3.05, 3.63) is 181 Å². The average Bonchev–Trinajstić information content (AvgIpc) is 3.87. The van der Waals surface area contributed by atoms with Crippen molar-refractivity contribution in [1.82, 2.24) is 15.0 Å². The maximum absolute atomic E-state index is 6.59. The van der Waals surface area contributed by atoms with Gasteiger partial charge in [0.25, 0.3) is 0 Å². The molecule has 10 aromatic rings. The third kappa shape index (κ3) is 5.47. The van der Waals surface area contributed by atoms with E-state index in [0.29, 0.717) is 17.5 Å². The van der Waals surface area contributed by atoms with E-state index in [1.54, 1.807) is 11.3 Å². The molecule has 0 atom stereocenters. The first-order valence-electron chi connectivity index (χ1n) is 19.6. The lowest BCUT2D eigenvalue weighted by atomic mass is 9.83. The molecule has 1 aliphatic rings. The number of allylic oxidation sites excluding steroid dienone is 1. The molecule has 0 N–H and O–H groups in total. The first kappa shape index (κ1) is 34.1. The fourth-order valence-corrected chi connectivity index (χ4v) is 9.88. The zero-order valence-corrected chi connectivity index (χ0v) is 32.4. The van der Waals surface area contributed by atoms with Gasteiger partial charge in [-0.2, -0.15) is 0 Å². The second kappa shape index (κ2) is 13.8. The van der Waals surface area contributed by atoms with E-state index in [9.17, 15) is 0 Å². The van der Waals surface area contributed by atoms with Gasteiger partial charge in [-0.25, -0.2) is 15.0 Å². The van der Waals surface area contributed by atoms with Crippen molar-refractivity contribution in [2.24, 2.45) is 0 Å². The first-order valence-corrected chi connectivity index (χ1v) is 20.4. The highest BCUT2D eigenvalue weighted by Crippen LogP contribution is 2.44. The summed E-state index contributed by atoms with van der Waals surface area (Å²) in [5.74, 6) is 1.88. The Hall–Kier alpha value is -7.21. The van der Waals surface area contributed by atoms with Gasteiger partial charge >= 0.3 is 0 Å². The van der Waals surface area contributed by atoms with E-state index >= 15 is 0 Å². The quantitative estimate of drug-likeness (QED) is 0.162. The molecule has 0 amide bonds. The van der Waals surface area contributed by atoms with Crippen molar-refractivity contribution in [2.45, 2.75) is 12.8 Å². The predicted octanol–water partition coefficient (Wildman–Crippen LogP) is 14.7. The Morgan fingerprint density at radius 1 is 0.534 bits per heavy atom. The van der Waals surface area contributed by atoms with E-state index in [4.69, 9.17) is 19.4 Å². The third-order valence-corrected chi connectivity index (χ3v) is 12.5. The van der Waals surface area contributed by atoms with Crippen molar-refractivity contribution < 1.29 is 4.42 Å². The van der Waals surface area contributed by atoms with Gasteiger partial charge in [-0.3, -0.25) is 0 Å². The second-order valence-corrected chi connectivity index (χ2v) is 15.7. The van der Waals surface area contributed by atoms with Gasteiger partial charge in [0.1, 0.15) is 11.2 Å². The van der Waals surface area contributed by atoms with Crippen LogP contribution < -0.4 is 0 Å². The number of nitrogens with zero attached hydrogens (tertiary/aromatic N) is 3. The highest BCUT2D eigenvalue weighted by atomic mass is 32.1. The van der Waals surface area contributed by atoms with E-state index in [-0.39, 0.29) is 0 Å². The second-order valence-electron chi connectivity index (χ2n) is 14.7. The molecular formula is C53H35N3OS. The lowest BCUT2D eigenvalue weighted by Gasteiger charge is -2.20. The maximum Gasteiger partial charge on any atom is 0.164 e. The van der Waals surface area contributed by atoms with Gasteiger partial charge in [-0.05, 0) is 93.7 Å². The number of aromatic nitrogens is 3. The molecule has 1 aliphatic carbocycles. The minimum atomic E-state index is 0.612. The van der Waals surface area contributed by atoms with E-state index in [1.165, 1.54) is 31.5 Å². The smallest absolute Gasteiger partial charge is 0.164 e. The number of benzene rings is 7. The highest BCUT2D eigenvalue weighted by Gasteiger charge is 2.22. The summed E-state index contributed by atoms with van der Waals surface area (Å²) in [5, 5.41) is 4.48. The zero-order valence-electron chi connectivity index (χ0n) is 31.6. The van der Waals surface area contributed by atoms with Gasteiger partial charge in [0, 0.05) is 47.6 Å². The van der Waals surface area contributed by atoms with Crippen molar-refractivity contribution in [1.29, 1.82) is 0 Å². The lowest BCUT2D eigenvalue weighted by Crippen LogP contribution is -2.02. The molecule has 0 radical (unpaired) electrons. The third-order valence-electron chi connectivity index (χ3n) is 11.4. The lowest BCUT2D eigenvalue weighted by molar-refractivity contribution is 0.669. The number of hydrogen-bond donors (Lipinski definition) is 0. The molecule has 3 heterocycles. The van der Waals surface area contributed by atoms with Crippen LogP contribution in [0.2, 0.25) is 0 Å². The molecule has 0 saturated heterocycles. The summed E-state index contributed by atoms with van der Waals surface area (Å²) in [6, 6.07) is 48.8. The van der Waals surface area contributed by atoms with E-state index in [1.807, 2.05) is 30.4 Å². The van der Waals surface area contributed by atoms with Crippen molar-refractivity contribution >= 4 is 71.7 Å². The van der Waals surface area contributed by atoms with Crippen LogP contribution in [0.3, 0.4) is 0 Å². The van der Waals surface area contributed by atoms with E-state index in [2.05, 4.69) is 147 Å². The minimum absolute atomic E-state index is 0.612. The number of furan rings is 1. The Labute approximate surface area is 339 Å². The van der Waals surface area contributed by atoms with Gasteiger partial charge < -0.3 is 4.42 Å². The summed E-state index contributed by atoms with van der Waals surface area (Å²) in [4.78, 5) is 15.7. The van der Waals surface area contributed by atoms with Crippen molar-refractivity contribution in [3.63, 3.8) is 0 Å². The van der Waals surface area contributed by atoms with Crippen LogP contribution in [0.5, 0.6) is 0 Å². The Kier molecular flexibility index (Phi) is 8.09. The summed E-state index contributed by atoms with van der Waals surface area (Å²) in [6.45, 7) is 8.29. The molecule has 274 valence electrons. The van der Waals surface area contributed by atoms with Crippen molar-refractivity contribution in [2.75, 3.05) is 0 Å².